The molecule has 3 N–H and O–H groups in total. The van der Waals surface area contributed by atoms with Gasteiger partial charge in [0.25, 0.3) is 5.91 Å². The van der Waals surface area contributed by atoms with Gasteiger partial charge in [0.05, 0.1) is 4.90 Å². The van der Waals surface area contributed by atoms with Crippen molar-refractivity contribution in [3.05, 3.63) is 29.8 Å². The lowest BCUT2D eigenvalue weighted by molar-refractivity contribution is 0.0906. The van der Waals surface area contributed by atoms with E-state index in [0.29, 0.717) is 12.1 Å². The lowest BCUT2D eigenvalue weighted by Gasteiger charge is -2.27. The molecule has 1 unspecified atom stereocenters. The van der Waals surface area contributed by atoms with Gasteiger partial charge in [0.15, 0.2) is 9.84 Å². The summed E-state index contributed by atoms with van der Waals surface area (Å²) >= 11 is 0. The monoisotopic (exact) mass is 284 g/mol. The highest BCUT2D eigenvalue weighted by atomic mass is 32.2. The number of sulfone groups is 1. The molecule has 1 atom stereocenters. The number of hydrogen-bond donors (Lipinski definition) is 2. The molecular weight excluding hydrogens is 264 g/mol. The third kappa shape index (κ3) is 4.04. The van der Waals surface area contributed by atoms with Crippen LogP contribution in [0.5, 0.6) is 0 Å². The van der Waals surface area contributed by atoms with Crippen molar-refractivity contribution in [1.82, 2.24) is 5.32 Å². The van der Waals surface area contributed by atoms with E-state index >= 15 is 0 Å². The van der Waals surface area contributed by atoms with Crippen LogP contribution in [-0.2, 0) is 9.84 Å². The fraction of sp³-hybridized carbons (Fsp3) is 0.462. The number of benzene rings is 1. The van der Waals surface area contributed by atoms with Crippen LogP contribution >= 0.6 is 0 Å². The Balaban J connectivity index is 2.91. The third-order valence-electron chi connectivity index (χ3n) is 3.19. The molecule has 0 spiro atoms. The number of hydrogen-bond acceptors (Lipinski definition) is 4. The average molecular weight is 284 g/mol. The van der Waals surface area contributed by atoms with Crippen molar-refractivity contribution in [3.63, 3.8) is 0 Å². The highest BCUT2D eigenvalue weighted by Gasteiger charge is 2.23. The molecule has 1 amide bonds. The van der Waals surface area contributed by atoms with E-state index in [2.05, 4.69) is 5.32 Å². The van der Waals surface area contributed by atoms with E-state index in [1.165, 1.54) is 24.3 Å². The predicted molar refractivity (Wildman–Crippen MR) is 74.8 cm³/mol. The molecule has 0 aliphatic rings. The molecule has 1 rings (SSSR count). The second kappa shape index (κ2) is 5.71. The quantitative estimate of drug-likeness (QED) is 0.842. The molecule has 19 heavy (non-hydrogen) atoms. The Bertz CT molecular complexity index is 546. The van der Waals surface area contributed by atoms with Gasteiger partial charge in [-0.3, -0.25) is 4.79 Å². The zero-order valence-electron chi connectivity index (χ0n) is 11.4. The minimum Gasteiger partial charge on any atom is -0.346 e. The van der Waals surface area contributed by atoms with Crippen LogP contribution in [0.3, 0.4) is 0 Å². The fourth-order valence-electron chi connectivity index (χ4n) is 1.48. The van der Waals surface area contributed by atoms with Crippen LogP contribution in [0.1, 0.15) is 30.6 Å². The zero-order chi connectivity index (χ0) is 14.7. The Morgan fingerprint density at radius 1 is 1.32 bits per heavy atom. The minimum atomic E-state index is -3.24. The van der Waals surface area contributed by atoms with Gasteiger partial charge in [-0.05, 0) is 37.6 Å². The molecule has 0 aliphatic heterocycles. The number of carbonyl (C=O) groups excluding carboxylic acids is 1. The van der Waals surface area contributed by atoms with Gasteiger partial charge in [-0.2, -0.15) is 0 Å². The van der Waals surface area contributed by atoms with Crippen LogP contribution < -0.4 is 11.1 Å². The summed E-state index contributed by atoms with van der Waals surface area (Å²) in [5, 5.41) is 2.85. The van der Waals surface area contributed by atoms with Crippen molar-refractivity contribution < 1.29 is 13.2 Å². The van der Waals surface area contributed by atoms with Crippen LogP contribution in [-0.4, -0.2) is 32.7 Å². The number of carbonyl (C=O) groups is 1. The fourth-order valence-corrected chi connectivity index (χ4v) is 2.11. The summed E-state index contributed by atoms with van der Waals surface area (Å²) in [5.74, 6) is -0.255. The zero-order valence-corrected chi connectivity index (χ0v) is 12.3. The molecule has 106 valence electrons. The van der Waals surface area contributed by atoms with E-state index in [4.69, 9.17) is 5.73 Å². The highest BCUT2D eigenvalue weighted by molar-refractivity contribution is 7.90. The molecule has 0 radical (unpaired) electrons. The Kier molecular flexibility index (Phi) is 4.70. The normalized spacial score (nSPS) is 14.7. The molecule has 0 aliphatic carbocycles. The molecule has 5 nitrogen and oxygen atoms in total. The molecular formula is C13H20N2O3S. The van der Waals surface area contributed by atoms with E-state index in [1.54, 1.807) is 0 Å². The average Bonchev–Trinajstić information content (AvgIpc) is 2.37. The van der Waals surface area contributed by atoms with Gasteiger partial charge < -0.3 is 11.1 Å². The van der Waals surface area contributed by atoms with Crippen molar-refractivity contribution in [3.8, 4) is 0 Å². The summed E-state index contributed by atoms with van der Waals surface area (Å²) < 4.78 is 22.6. The number of amides is 1. The Labute approximate surface area is 114 Å². The Morgan fingerprint density at radius 3 is 2.21 bits per heavy atom. The Morgan fingerprint density at radius 2 is 1.84 bits per heavy atom. The largest absolute Gasteiger partial charge is 0.346 e. The van der Waals surface area contributed by atoms with Crippen molar-refractivity contribution in [2.75, 3.05) is 12.8 Å². The molecule has 0 saturated carbocycles. The van der Waals surface area contributed by atoms with Crippen LogP contribution in [0, 0.1) is 0 Å². The third-order valence-corrected chi connectivity index (χ3v) is 4.32. The number of nitrogens with one attached hydrogen (secondary N) is 1. The standard InChI is InChI=1S/C13H20N2O3S/c1-4-13(2,9-14)15-12(16)10-5-7-11(8-6-10)19(3,17)18/h5-8H,4,9,14H2,1-3H3,(H,15,16). The summed E-state index contributed by atoms with van der Waals surface area (Å²) in [6.45, 7) is 4.16. The van der Waals surface area contributed by atoms with Gasteiger partial charge in [0, 0.05) is 23.9 Å². The van der Waals surface area contributed by atoms with Gasteiger partial charge in [0.1, 0.15) is 0 Å². The van der Waals surface area contributed by atoms with Gasteiger partial charge in [-0.1, -0.05) is 6.92 Å². The first kappa shape index (κ1) is 15.7. The van der Waals surface area contributed by atoms with Crippen LogP contribution in [0.15, 0.2) is 29.2 Å². The van der Waals surface area contributed by atoms with E-state index in [1.807, 2.05) is 13.8 Å². The van der Waals surface area contributed by atoms with E-state index in [-0.39, 0.29) is 10.8 Å². The highest BCUT2D eigenvalue weighted by Crippen LogP contribution is 2.12. The summed E-state index contributed by atoms with van der Waals surface area (Å²) in [7, 11) is -3.24. The van der Waals surface area contributed by atoms with E-state index < -0.39 is 15.4 Å². The van der Waals surface area contributed by atoms with Crippen LogP contribution in [0.2, 0.25) is 0 Å². The number of rotatable bonds is 5. The maximum atomic E-state index is 12.0. The molecule has 1 aromatic rings. The van der Waals surface area contributed by atoms with E-state index in [0.717, 1.165) is 12.7 Å². The van der Waals surface area contributed by atoms with Gasteiger partial charge >= 0.3 is 0 Å². The summed E-state index contributed by atoms with van der Waals surface area (Å²) in [5.41, 5.74) is 5.60. The second-order valence-electron chi connectivity index (χ2n) is 4.87. The van der Waals surface area contributed by atoms with Gasteiger partial charge in [0.2, 0.25) is 0 Å². The molecule has 0 saturated heterocycles. The molecule has 0 fully saturated rings. The Hall–Kier alpha value is -1.40. The summed E-state index contributed by atoms with van der Waals surface area (Å²) in [6.07, 6.45) is 1.85. The number of nitrogens with two attached hydrogens (primary N) is 1. The first-order valence-corrected chi connectivity index (χ1v) is 7.94. The molecule has 6 heteroatoms. The smallest absolute Gasteiger partial charge is 0.251 e. The van der Waals surface area contributed by atoms with Crippen molar-refractivity contribution in [2.24, 2.45) is 5.73 Å². The van der Waals surface area contributed by atoms with Crippen LogP contribution in [0.25, 0.3) is 0 Å². The summed E-state index contributed by atoms with van der Waals surface area (Å²) in [6, 6.07) is 5.85. The maximum absolute atomic E-state index is 12.0. The topological polar surface area (TPSA) is 89.3 Å². The lowest BCUT2D eigenvalue weighted by atomic mass is 9.98. The molecule has 0 aromatic heterocycles. The SMILES string of the molecule is CCC(C)(CN)NC(=O)c1ccc(S(C)(=O)=O)cc1. The summed E-state index contributed by atoms with van der Waals surface area (Å²) in [4.78, 5) is 12.2. The van der Waals surface area contributed by atoms with Crippen molar-refractivity contribution in [1.29, 1.82) is 0 Å². The second-order valence-corrected chi connectivity index (χ2v) is 6.88. The lowest BCUT2D eigenvalue weighted by Crippen LogP contribution is -2.50. The minimum absolute atomic E-state index is 0.195. The first-order valence-electron chi connectivity index (χ1n) is 6.04. The maximum Gasteiger partial charge on any atom is 0.251 e. The van der Waals surface area contributed by atoms with Crippen molar-refractivity contribution >= 4 is 15.7 Å². The first-order chi connectivity index (χ1) is 8.72. The van der Waals surface area contributed by atoms with Crippen molar-refractivity contribution in [2.45, 2.75) is 30.7 Å². The van der Waals surface area contributed by atoms with Gasteiger partial charge in [-0.15, -0.1) is 0 Å². The molecule has 0 bridgehead atoms. The van der Waals surface area contributed by atoms with E-state index in [9.17, 15) is 13.2 Å². The van der Waals surface area contributed by atoms with Crippen LogP contribution in [0.4, 0.5) is 0 Å². The molecule has 0 heterocycles. The predicted octanol–water partition coefficient (Wildman–Crippen LogP) is 0.947. The van der Waals surface area contributed by atoms with Gasteiger partial charge in [-0.25, -0.2) is 8.42 Å². The molecule has 1 aromatic carbocycles.